The van der Waals surface area contributed by atoms with Crippen molar-refractivity contribution >= 4 is 23.4 Å². The zero-order chi connectivity index (χ0) is 19.7. The van der Waals surface area contributed by atoms with E-state index in [0.717, 1.165) is 17.3 Å². The number of amides is 1. The number of ether oxygens (including phenoxy) is 2. The number of nitrogens with zero attached hydrogens (tertiary/aromatic N) is 2. The van der Waals surface area contributed by atoms with Crippen LogP contribution in [-0.2, 0) is 4.79 Å². The Bertz CT molecular complexity index is 1020. The van der Waals surface area contributed by atoms with E-state index in [-0.39, 0.29) is 17.7 Å². The van der Waals surface area contributed by atoms with Crippen LogP contribution in [0.15, 0.2) is 52.0 Å². The average molecular weight is 399 g/mol. The molecule has 9 heteroatoms. The van der Waals surface area contributed by atoms with Crippen molar-refractivity contribution in [3.05, 3.63) is 48.0 Å². The molecule has 28 heavy (non-hydrogen) atoms. The van der Waals surface area contributed by atoms with Crippen LogP contribution < -0.4 is 24.6 Å². The van der Waals surface area contributed by atoms with Crippen LogP contribution in [-0.4, -0.2) is 23.2 Å². The number of carbonyl (C=O) groups is 1. The van der Waals surface area contributed by atoms with Crippen LogP contribution in [0.2, 0.25) is 0 Å². The molecule has 1 amide bonds. The summed E-state index contributed by atoms with van der Waals surface area (Å²) in [6, 6.07) is 12.6. The second kappa shape index (κ2) is 7.43. The third-order valence-electron chi connectivity index (χ3n) is 4.15. The summed E-state index contributed by atoms with van der Waals surface area (Å²) in [5.41, 5.74) is 2.35. The predicted octanol–water partition coefficient (Wildman–Crippen LogP) is 2.18. The first-order valence-corrected chi connectivity index (χ1v) is 9.42. The van der Waals surface area contributed by atoms with Crippen LogP contribution in [0.1, 0.15) is 12.5 Å². The predicted molar refractivity (Wildman–Crippen MR) is 98.7 cm³/mol. The smallest absolute Gasteiger partial charge is 0.298 e. The van der Waals surface area contributed by atoms with Gasteiger partial charge < -0.3 is 24.4 Å². The number of thioether (sulfide) groups is 1. The number of aromatic nitrogens is 2. The quantitative estimate of drug-likeness (QED) is 0.518. The summed E-state index contributed by atoms with van der Waals surface area (Å²) in [6.45, 7) is 3.84. The molecule has 0 radical (unpaired) electrons. The number of nitrogens with one attached hydrogen (secondary N) is 1. The van der Waals surface area contributed by atoms with Gasteiger partial charge in [-0.05, 0) is 42.4 Å². The number of anilines is 1. The first-order valence-electron chi connectivity index (χ1n) is 8.54. The molecule has 1 N–H and O–H groups in total. The minimum absolute atomic E-state index is 0.164. The van der Waals surface area contributed by atoms with Crippen LogP contribution in [0.3, 0.4) is 0 Å². The Morgan fingerprint density at radius 1 is 1.21 bits per heavy atom. The maximum Gasteiger partial charge on any atom is 0.298 e. The van der Waals surface area contributed by atoms with Crippen molar-refractivity contribution in [1.82, 2.24) is 5.27 Å². The van der Waals surface area contributed by atoms with Crippen LogP contribution in [0.5, 0.6) is 17.4 Å². The SMILES string of the molecule is Cc1ccc(-[n+]2noc([O-])c2SC(C)C(=O)Nc2ccc3c(c2)OCO3)cc1. The number of benzene rings is 2. The summed E-state index contributed by atoms with van der Waals surface area (Å²) in [4.78, 5) is 12.6. The molecule has 0 fully saturated rings. The summed E-state index contributed by atoms with van der Waals surface area (Å²) in [5.74, 6) is 0.365. The molecule has 8 nitrogen and oxygen atoms in total. The summed E-state index contributed by atoms with van der Waals surface area (Å²) in [5, 5.41) is 18.4. The maximum atomic E-state index is 12.6. The number of fused-ring (bicyclic) bond motifs is 1. The fourth-order valence-corrected chi connectivity index (χ4v) is 3.50. The molecule has 0 bridgehead atoms. The second-order valence-corrected chi connectivity index (χ2v) is 7.56. The van der Waals surface area contributed by atoms with Crippen LogP contribution in [0.25, 0.3) is 5.69 Å². The van der Waals surface area contributed by atoms with Crippen molar-refractivity contribution in [3.8, 4) is 23.1 Å². The van der Waals surface area contributed by atoms with Gasteiger partial charge in [0, 0.05) is 23.9 Å². The Hall–Kier alpha value is -3.20. The van der Waals surface area contributed by atoms with Gasteiger partial charge in [0.25, 0.3) is 5.03 Å². The third-order valence-corrected chi connectivity index (χ3v) is 5.28. The van der Waals surface area contributed by atoms with Gasteiger partial charge >= 0.3 is 0 Å². The number of hydrogen-bond donors (Lipinski definition) is 1. The Balaban J connectivity index is 1.49. The summed E-state index contributed by atoms with van der Waals surface area (Å²) in [7, 11) is 0. The summed E-state index contributed by atoms with van der Waals surface area (Å²) >= 11 is 1.08. The molecule has 0 spiro atoms. The molecule has 1 aliphatic rings. The van der Waals surface area contributed by atoms with E-state index in [9.17, 15) is 9.90 Å². The molecule has 0 saturated heterocycles. The zero-order valence-corrected chi connectivity index (χ0v) is 16.0. The molecule has 1 atom stereocenters. The topological polar surface area (TPSA) is 101 Å². The Labute approximate surface area is 165 Å². The zero-order valence-electron chi connectivity index (χ0n) is 15.2. The monoisotopic (exact) mass is 399 g/mol. The molecule has 2 aromatic carbocycles. The molecule has 4 rings (SSSR count). The van der Waals surface area contributed by atoms with E-state index in [2.05, 4.69) is 10.6 Å². The first-order chi connectivity index (χ1) is 13.5. The Morgan fingerprint density at radius 2 is 1.96 bits per heavy atom. The molecule has 1 aliphatic heterocycles. The lowest BCUT2D eigenvalue weighted by molar-refractivity contribution is -0.705. The molecule has 3 aromatic rings. The minimum atomic E-state index is -0.590. The fraction of sp³-hybridized carbons (Fsp3) is 0.211. The van der Waals surface area contributed by atoms with E-state index >= 15 is 0 Å². The summed E-state index contributed by atoms with van der Waals surface area (Å²) < 4.78 is 16.8. The van der Waals surface area contributed by atoms with Crippen molar-refractivity contribution in [2.45, 2.75) is 24.1 Å². The van der Waals surface area contributed by atoms with Crippen molar-refractivity contribution in [1.29, 1.82) is 0 Å². The lowest BCUT2D eigenvalue weighted by Crippen LogP contribution is -2.36. The first kappa shape index (κ1) is 18.2. The maximum absolute atomic E-state index is 12.6. The molecule has 0 saturated carbocycles. The summed E-state index contributed by atoms with van der Waals surface area (Å²) in [6.07, 6.45) is 0. The van der Waals surface area contributed by atoms with Gasteiger partial charge in [0.15, 0.2) is 17.4 Å². The van der Waals surface area contributed by atoms with E-state index < -0.39 is 11.2 Å². The van der Waals surface area contributed by atoms with Crippen LogP contribution >= 0.6 is 11.8 Å². The van der Waals surface area contributed by atoms with Gasteiger partial charge in [-0.3, -0.25) is 4.79 Å². The average Bonchev–Trinajstić information content (AvgIpc) is 3.29. The van der Waals surface area contributed by atoms with E-state index in [0.29, 0.717) is 22.9 Å². The van der Waals surface area contributed by atoms with Gasteiger partial charge in [-0.2, -0.15) is 0 Å². The van der Waals surface area contributed by atoms with Gasteiger partial charge in [-0.25, -0.2) is 0 Å². The van der Waals surface area contributed by atoms with Gasteiger partial charge in [0.2, 0.25) is 18.4 Å². The third kappa shape index (κ3) is 3.61. The molecule has 2 heterocycles. The number of carbonyl (C=O) groups excluding carboxylic acids is 1. The van der Waals surface area contributed by atoms with Gasteiger partial charge in [0.05, 0.1) is 10.5 Å². The van der Waals surface area contributed by atoms with E-state index in [1.165, 1.54) is 4.68 Å². The highest BCUT2D eigenvalue weighted by Gasteiger charge is 2.27. The molecule has 0 aliphatic carbocycles. The standard InChI is InChI=1S/C19H17N3O5S/c1-11-3-6-14(7-4-11)22-18(19(24)27-21-22)28-12(2)17(23)20-13-5-8-15-16(9-13)26-10-25-15/h3-9,12H,10H2,1-2H3,(H-,20,21,23,24). The van der Waals surface area contributed by atoms with Crippen molar-refractivity contribution in [2.24, 2.45) is 0 Å². The fourth-order valence-electron chi connectivity index (χ4n) is 2.63. The Kier molecular flexibility index (Phi) is 4.82. The second-order valence-electron chi connectivity index (χ2n) is 6.23. The van der Waals surface area contributed by atoms with Crippen molar-refractivity contribution in [3.63, 3.8) is 0 Å². The number of rotatable bonds is 5. The highest BCUT2D eigenvalue weighted by Crippen LogP contribution is 2.34. The van der Waals surface area contributed by atoms with Gasteiger partial charge in [-0.1, -0.05) is 17.7 Å². The number of aryl methyl sites for hydroxylation is 1. The van der Waals surface area contributed by atoms with E-state index in [1.54, 1.807) is 25.1 Å². The highest BCUT2D eigenvalue weighted by molar-refractivity contribution is 8.00. The molecule has 1 unspecified atom stereocenters. The number of hydrogen-bond acceptors (Lipinski definition) is 7. The normalized spacial score (nSPS) is 13.4. The van der Waals surface area contributed by atoms with Gasteiger partial charge in [0.1, 0.15) is 0 Å². The van der Waals surface area contributed by atoms with Crippen molar-refractivity contribution in [2.75, 3.05) is 12.1 Å². The van der Waals surface area contributed by atoms with Crippen LogP contribution in [0.4, 0.5) is 5.69 Å². The lowest BCUT2D eigenvalue weighted by atomic mass is 10.2. The molecular formula is C19H17N3O5S. The lowest BCUT2D eigenvalue weighted by Gasteiger charge is -2.10. The minimum Gasteiger partial charge on any atom is -0.538 e. The Morgan fingerprint density at radius 3 is 2.75 bits per heavy atom. The largest absolute Gasteiger partial charge is 0.538 e. The van der Waals surface area contributed by atoms with Crippen LogP contribution in [0, 0.1) is 6.92 Å². The highest BCUT2D eigenvalue weighted by atomic mass is 32.2. The molecule has 1 aromatic heterocycles. The molecule has 144 valence electrons. The molecular weight excluding hydrogens is 382 g/mol. The van der Waals surface area contributed by atoms with E-state index in [1.807, 2.05) is 31.2 Å². The van der Waals surface area contributed by atoms with Gasteiger partial charge in [-0.15, -0.1) is 0 Å². The van der Waals surface area contributed by atoms with Crippen molar-refractivity contribution < 1.29 is 28.6 Å². The van der Waals surface area contributed by atoms with E-state index in [4.69, 9.17) is 14.0 Å².